The first kappa shape index (κ1) is 24.0. The van der Waals surface area contributed by atoms with Crippen molar-refractivity contribution in [2.75, 3.05) is 39.1 Å². The van der Waals surface area contributed by atoms with Gasteiger partial charge in [-0.1, -0.05) is 40.2 Å². The van der Waals surface area contributed by atoms with Crippen LogP contribution < -0.4 is 15.5 Å². The van der Waals surface area contributed by atoms with Gasteiger partial charge in [-0.15, -0.1) is 24.0 Å². The molecule has 7 heteroatoms. The quantitative estimate of drug-likeness (QED) is 0.312. The highest BCUT2D eigenvalue weighted by atomic mass is 127. The molecule has 1 fully saturated rings. The molecular formula is C22H31BrIN5. The lowest BCUT2D eigenvalue weighted by Gasteiger charge is -2.20. The van der Waals surface area contributed by atoms with E-state index in [4.69, 9.17) is 0 Å². The lowest BCUT2D eigenvalue weighted by atomic mass is 10.1. The van der Waals surface area contributed by atoms with Crippen molar-refractivity contribution < 1.29 is 0 Å². The highest BCUT2D eigenvalue weighted by molar-refractivity contribution is 14.0. The number of hydrogen-bond acceptors (Lipinski definition) is 3. The number of guanidine groups is 1. The van der Waals surface area contributed by atoms with Crippen molar-refractivity contribution in [1.82, 2.24) is 15.5 Å². The van der Waals surface area contributed by atoms with Crippen LogP contribution in [0.5, 0.6) is 0 Å². The van der Waals surface area contributed by atoms with Gasteiger partial charge >= 0.3 is 0 Å². The van der Waals surface area contributed by atoms with E-state index < -0.39 is 0 Å². The molecule has 0 aliphatic carbocycles. The van der Waals surface area contributed by atoms with Gasteiger partial charge < -0.3 is 20.4 Å². The van der Waals surface area contributed by atoms with Crippen molar-refractivity contribution in [3.63, 3.8) is 0 Å². The number of aliphatic imine (C=N–C) groups is 1. The van der Waals surface area contributed by atoms with E-state index in [2.05, 4.69) is 104 Å². The van der Waals surface area contributed by atoms with Crippen LogP contribution >= 0.6 is 39.9 Å². The van der Waals surface area contributed by atoms with Crippen molar-refractivity contribution in [3.8, 4) is 0 Å². The SMILES string of the molecule is CN=C(NCc1ccc(CN(C)C)cc1)NC1CCN(c2ccc(Br)cc2)C1.I. The molecule has 0 bridgehead atoms. The monoisotopic (exact) mass is 571 g/mol. The second-order valence-electron chi connectivity index (χ2n) is 7.53. The van der Waals surface area contributed by atoms with Gasteiger partial charge in [0.15, 0.2) is 5.96 Å². The number of nitrogens with one attached hydrogen (secondary N) is 2. The fourth-order valence-electron chi connectivity index (χ4n) is 3.47. The van der Waals surface area contributed by atoms with Crippen LogP contribution in [0.4, 0.5) is 5.69 Å². The summed E-state index contributed by atoms with van der Waals surface area (Å²) >= 11 is 3.50. The summed E-state index contributed by atoms with van der Waals surface area (Å²) in [6.45, 7) is 3.78. The lowest BCUT2D eigenvalue weighted by molar-refractivity contribution is 0.402. The van der Waals surface area contributed by atoms with E-state index in [1.165, 1.54) is 16.8 Å². The molecule has 1 unspecified atom stereocenters. The van der Waals surface area contributed by atoms with Crippen LogP contribution in [0, 0.1) is 0 Å². The average molecular weight is 572 g/mol. The van der Waals surface area contributed by atoms with E-state index in [-0.39, 0.29) is 24.0 Å². The number of benzene rings is 2. The van der Waals surface area contributed by atoms with Crippen LogP contribution in [0.1, 0.15) is 17.5 Å². The zero-order valence-electron chi connectivity index (χ0n) is 17.4. The molecule has 1 aliphatic rings. The van der Waals surface area contributed by atoms with Crippen molar-refractivity contribution >= 4 is 51.6 Å². The normalized spacial score (nSPS) is 16.7. The molecule has 2 N–H and O–H groups in total. The summed E-state index contributed by atoms with van der Waals surface area (Å²) in [7, 11) is 6.01. The minimum Gasteiger partial charge on any atom is -0.369 e. The summed E-state index contributed by atoms with van der Waals surface area (Å²) in [6.07, 6.45) is 1.11. The maximum absolute atomic E-state index is 4.40. The van der Waals surface area contributed by atoms with Gasteiger partial charge in [0, 0.05) is 49.4 Å². The molecule has 1 atom stereocenters. The highest BCUT2D eigenvalue weighted by Crippen LogP contribution is 2.22. The van der Waals surface area contributed by atoms with Crippen LogP contribution in [0.2, 0.25) is 0 Å². The van der Waals surface area contributed by atoms with E-state index in [0.717, 1.165) is 43.0 Å². The molecule has 3 rings (SSSR count). The summed E-state index contributed by atoms with van der Waals surface area (Å²) < 4.78 is 1.12. The predicted octanol–water partition coefficient (Wildman–Crippen LogP) is 4.07. The first-order chi connectivity index (χ1) is 13.5. The Hall–Kier alpha value is -1.32. The number of rotatable bonds is 6. The van der Waals surface area contributed by atoms with Gasteiger partial charge in [0.1, 0.15) is 0 Å². The second-order valence-corrected chi connectivity index (χ2v) is 8.45. The minimum absolute atomic E-state index is 0. The Morgan fingerprint density at radius 3 is 2.38 bits per heavy atom. The maximum Gasteiger partial charge on any atom is 0.191 e. The third kappa shape index (κ3) is 7.46. The molecule has 2 aromatic carbocycles. The standard InChI is InChI=1S/C22H30BrN5.HI/c1-24-22(25-14-17-4-6-18(7-5-17)15-27(2)3)26-20-12-13-28(16-20)21-10-8-19(23)9-11-21;/h4-11,20H,12-16H2,1-3H3,(H2,24,25,26);1H. The molecule has 0 radical (unpaired) electrons. The molecule has 2 aromatic rings. The molecule has 0 aromatic heterocycles. The zero-order chi connectivity index (χ0) is 19.9. The van der Waals surface area contributed by atoms with Gasteiger partial charge in [-0.2, -0.15) is 0 Å². The van der Waals surface area contributed by atoms with E-state index >= 15 is 0 Å². The van der Waals surface area contributed by atoms with E-state index in [0.29, 0.717) is 6.04 Å². The molecule has 1 aliphatic heterocycles. The Morgan fingerprint density at radius 1 is 1.10 bits per heavy atom. The third-order valence-electron chi connectivity index (χ3n) is 4.93. The summed E-state index contributed by atoms with van der Waals surface area (Å²) in [5.41, 5.74) is 3.86. The topological polar surface area (TPSA) is 42.9 Å². The minimum atomic E-state index is 0. The second kappa shape index (κ2) is 11.8. The Labute approximate surface area is 200 Å². The fraction of sp³-hybridized carbons (Fsp3) is 0.409. The molecule has 0 spiro atoms. The summed E-state index contributed by atoms with van der Waals surface area (Å²) in [6, 6.07) is 17.7. The Bertz CT molecular complexity index is 777. The van der Waals surface area contributed by atoms with Gasteiger partial charge in [-0.3, -0.25) is 4.99 Å². The highest BCUT2D eigenvalue weighted by Gasteiger charge is 2.23. The van der Waals surface area contributed by atoms with Crippen LogP contribution in [0.25, 0.3) is 0 Å². The Kier molecular flexibility index (Phi) is 9.71. The number of nitrogens with zero attached hydrogens (tertiary/aromatic N) is 3. The fourth-order valence-corrected chi connectivity index (χ4v) is 3.73. The summed E-state index contributed by atoms with van der Waals surface area (Å²) in [5, 5.41) is 7.00. The van der Waals surface area contributed by atoms with E-state index in [9.17, 15) is 0 Å². The molecule has 0 saturated carbocycles. The Morgan fingerprint density at radius 2 is 1.76 bits per heavy atom. The molecule has 0 amide bonds. The van der Waals surface area contributed by atoms with Crippen LogP contribution in [0.3, 0.4) is 0 Å². The summed E-state index contributed by atoms with van der Waals surface area (Å²) in [4.78, 5) is 8.99. The Balaban J connectivity index is 0.00000300. The van der Waals surface area contributed by atoms with E-state index in [1.54, 1.807) is 0 Å². The smallest absolute Gasteiger partial charge is 0.191 e. The number of halogens is 2. The number of anilines is 1. The number of hydrogen-bond donors (Lipinski definition) is 2. The first-order valence-corrected chi connectivity index (χ1v) is 10.5. The van der Waals surface area contributed by atoms with Crippen LogP contribution in [-0.2, 0) is 13.1 Å². The van der Waals surface area contributed by atoms with Gasteiger partial charge in [0.05, 0.1) is 0 Å². The lowest BCUT2D eigenvalue weighted by Crippen LogP contribution is -2.44. The molecule has 5 nitrogen and oxygen atoms in total. The van der Waals surface area contributed by atoms with Gasteiger partial charge in [-0.25, -0.2) is 0 Å². The molecule has 1 saturated heterocycles. The third-order valence-corrected chi connectivity index (χ3v) is 5.45. The molecule has 29 heavy (non-hydrogen) atoms. The predicted molar refractivity (Wildman–Crippen MR) is 137 cm³/mol. The zero-order valence-corrected chi connectivity index (χ0v) is 21.3. The van der Waals surface area contributed by atoms with Crippen LogP contribution in [0.15, 0.2) is 58.0 Å². The largest absolute Gasteiger partial charge is 0.369 e. The first-order valence-electron chi connectivity index (χ1n) is 9.74. The van der Waals surface area contributed by atoms with Crippen molar-refractivity contribution in [2.45, 2.75) is 25.6 Å². The van der Waals surface area contributed by atoms with Gasteiger partial charge in [-0.05, 0) is 55.9 Å². The maximum atomic E-state index is 4.40. The van der Waals surface area contributed by atoms with Crippen LogP contribution in [-0.4, -0.2) is 51.1 Å². The molecule has 158 valence electrons. The average Bonchev–Trinajstić information content (AvgIpc) is 3.15. The van der Waals surface area contributed by atoms with Crippen molar-refractivity contribution in [1.29, 1.82) is 0 Å². The summed E-state index contributed by atoms with van der Waals surface area (Å²) in [5.74, 6) is 0.861. The molecule has 1 heterocycles. The van der Waals surface area contributed by atoms with Crippen molar-refractivity contribution in [2.24, 2.45) is 4.99 Å². The van der Waals surface area contributed by atoms with Gasteiger partial charge in [0.2, 0.25) is 0 Å². The van der Waals surface area contributed by atoms with E-state index in [1.807, 2.05) is 7.05 Å². The van der Waals surface area contributed by atoms with Gasteiger partial charge in [0.25, 0.3) is 0 Å². The van der Waals surface area contributed by atoms with Crippen molar-refractivity contribution in [3.05, 3.63) is 64.1 Å². The molecular weight excluding hydrogens is 541 g/mol.